The predicted molar refractivity (Wildman–Crippen MR) is 104 cm³/mol. The van der Waals surface area contributed by atoms with E-state index in [9.17, 15) is 9.59 Å². The summed E-state index contributed by atoms with van der Waals surface area (Å²) in [6.45, 7) is 5.69. The summed E-state index contributed by atoms with van der Waals surface area (Å²) >= 11 is 0. The van der Waals surface area contributed by atoms with Gasteiger partial charge < -0.3 is 15.0 Å². The summed E-state index contributed by atoms with van der Waals surface area (Å²) in [5.74, 6) is -0.837. The minimum atomic E-state index is -0.511. The van der Waals surface area contributed by atoms with Crippen LogP contribution in [0.3, 0.4) is 0 Å². The van der Waals surface area contributed by atoms with Gasteiger partial charge in [-0.05, 0) is 55.7 Å². The minimum Gasteiger partial charge on any atom is -0.452 e. The van der Waals surface area contributed by atoms with E-state index in [0.717, 1.165) is 11.3 Å². The molecule has 0 heterocycles. The molecule has 0 saturated heterocycles. The molecule has 5 nitrogen and oxygen atoms in total. The molecule has 1 amide bonds. The van der Waals surface area contributed by atoms with Crippen LogP contribution in [-0.4, -0.2) is 32.6 Å². The number of ether oxygens (including phenoxy) is 1. The van der Waals surface area contributed by atoms with Crippen molar-refractivity contribution in [3.05, 3.63) is 64.7 Å². The molecule has 0 aromatic heterocycles. The normalized spacial score (nSPS) is 11.6. The second-order valence-corrected chi connectivity index (χ2v) is 6.65. The van der Waals surface area contributed by atoms with Crippen molar-refractivity contribution in [2.45, 2.75) is 26.8 Å². The Balaban J connectivity index is 1.90. The molecule has 0 radical (unpaired) electrons. The zero-order valence-electron chi connectivity index (χ0n) is 16.0. The molecule has 5 heteroatoms. The predicted octanol–water partition coefficient (Wildman–Crippen LogP) is 3.40. The van der Waals surface area contributed by atoms with E-state index in [1.54, 1.807) is 18.2 Å². The fourth-order valence-corrected chi connectivity index (χ4v) is 2.53. The zero-order valence-corrected chi connectivity index (χ0v) is 16.0. The van der Waals surface area contributed by atoms with Crippen LogP contribution in [0.15, 0.2) is 42.5 Å². The number of carbonyl (C=O) groups excluding carboxylic acids is 2. The van der Waals surface area contributed by atoms with Crippen LogP contribution in [0.25, 0.3) is 0 Å². The summed E-state index contributed by atoms with van der Waals surface area (Å²) in [5.41, 5.74) is 4.72. The number of aryl methyl sites for hydroxylation is 2. The first-order valence-corrected chi connectivity index (χ1v) is 8.59. The van der Waals surface area contributed by atoms with Crippen LogP contribution < -0.4 is 10.2 Å². The van der Waals surface area contributed by atoms with Crippen molar-refractivity contribution in [2.75, 3.05) is 25.6 Å². The number of carbonyl (C=O) groups is 2. The highest BCUT2D eigenvalue weighted by molar-refractivity contribution is 5.92. The van der Waals surface area contributed by atoms with E-state index in [4.69, 9.17) is 4.74 Å². The summed E-state index contributed by atoms with van der Waals surface area (Å²) in [5, 5.41) is 2.85. The number of esters is 1. The lowest BCUT2D eigenvalue weighted by molar-refractivity contribution is -0.124. The maximum atomic E-state index is 12.1. The molecule has 2 aromatic rings. The van der Waals surface area contributed by atoms with Crippen molar-refractivity contribution in [2.24, 2.45) is 0 Å². The van der Waals surface area contributed by atoms with Crippen molar-refractivity contribution < 1.29 is 14.3 Å². The standard InChI is InChI=1S/C21H26N2O3/c1-14-9-10-17(11-15(14)2)16(3)22-20(24)13-26-21(25)18-7-6-8-19(12-18)23(4)5/h6-12,16H,13H2,1-5H3,(H,22,24). The number of anilines is 1. The summed E-state index contributed by atoms with van der Waals surface area (Å²) in [6.07, 6.45) is 0. The highest BCUT2D eigenvalue weighted by Crippen LogP contribution is 2.17. The Labute approximate surface area is 155 Å². The molecule has 0 spiro atoms. The van der Waals surface area contributed by atoms with Crippen molar-refractivity contribution in [1.29, 1.82) is 0 Å². The second kappa shape index (κ2) is 8.52. The zero-order chi connectivity index (χ0) is 19.3. The average Bonchev–Trinajstić information content (AvgIpc) is 2.62. The highest BCUT2D eigenvalue weighted by Gasteiger charge is 2.14. The van der Waals surface area contributed by atoms with Crippen LogP contribution in [-0.2, 0) is 9.53 Å². The summed E-state index contributed by atoms with van der Waals surface area (Å²) < 4.78 is 5.13. The quantitative estimate of drug-likeness (QED) is 0.808. The molecule has 0 aliphatic rings. The monoisotopic (exact) mass is 354 g/mol. The van der Waals surface area contributed by atoms with Gasteiger partial charge >= 0.3 is 5.97 Å². The average molecular weight is 354 g/mol. The Morgan fingerprint density at radius 1 is 1.08 bits per heavy atom. The Morgan fingerprint density at radius 3 is 2.46 bits per heavy atom. The smallest absolute Gasteiger partial charge is 0.338 e. The number of benzene rings is 2. The van der Waals surface area contributed by atoms with Crippen molar-refractivity contribution in [3.63, 3.8) is 0 Å². The highest BCUT2D eigenvalue weighted by atomic mass is 16.5. The Kier molecular flexibility index (Phi) is 6.39. The van der Waals surface area contributed by atoms with Crippen LogP contribution in [0.1, 0.15) is 40.0 Å². The Morgan fingerprint density at radius 2 is 1.81 bits per heavy atom. The third kappa shape index (κ3) is 5.09. The first kappa shape index (κ1) is 19.5. The topological polar surface area (TPSA) is 58.6 Å². The number of amides is 1. The Hall–Kier alpha value is -2.82. The number of hydrogen-bond donors (Lipinski definition) is 1. The van der Waals surface area contributed by atoms with Gasteiger partial charge in [0, 0.05) is 19.8 Å². The fraction of sp³-hybridized carbons (Fsp3) is 0.333. The molecule has 0 aliphatic heterocycles. The molecular weight excluding hydrogens is 328 g/mol. The van der Waals surface area contributed by atoms with E-state index in [0.29, 0.717) is 5.56 Å². The first-order valence-electron chi connectivity index (χ1n) is 8.59. The molecule has 26 heavy (non-hydrogen) atoms. The molecule has 2 aromatic carbocycles. The largest absolute Gasteiger partial charge is 0.452 e. The van der Waals surface area contributed by atoms with Gasteiger partial charge in [0.25, 0.3) is 5.91 Å². The van der Waals surface area contributed by atoms with Crippen molar-refractivity contribution in [3.8, 4) is 0 Å². The lowest BCUT2D eigenvalue weighted by Gasteiger charge is -2.16. The van der Waals surface area contributed by atoms with Gasteiger partial charge in [0.2, 0.25) is 0 Å². The van der Waals surface area contributed by atoms with E-state index in [1.165, 1.54) is 11.1 Å². The Bertz CT molecular complexity index is 800. The van der Waals surface area contributed by atoms with Gasteiger partial charge in [0.05, 0.1) is 11.6 Å². The maximum Gasteiger partial charge on any atom is 0.338 e. The molecule has 0 bridgehead atoms. The second-order valence-electron chi connectivity index (χ2n) is 6.65. The number of nitrogens with one attached hydrogen (secondary N) is 1. The van der Waals surface area contributed by atoms with Gasteiger partial charge in [0.1, 0.15) is 0 Å². The summed E-state index contributed by atoms with van der Waals surface area (Å²) in [7, 11) is 3.79. The summed E-state index contributed by atoms with van der Waals surface area (Å²) in [6, 6.07) is 13.0. The van der Waals surface area contributed by atoms with Crippen LogP contribution in [0.2, 0.25) is 0 Å². The number of rotatable bonds is 6. The molecule has 2 rings (SSSR count). The van der Waals surface area contributed by atoms with Gasteiger partial charge in [-0.15, -0.1) is 0 Å². The number of nitrogens with zero attached hydrogens (tertiary/aromatic N) is 1. The summed E-state index contributed by atoms with van der Waals surface area (Å²) in [4.78, 5) is 26.1. The van der Waals surface area contributed by atoms with Gasteiger partial charge in [0.15, 0.2) is 6.61 Å². The number of hydrogen-bond acceptors (Lipinski definition) is 4. The van der Waals surface area contributed by atoms with E-state index in [1.807, 2.05) is 58.0 Å². The minimum absolute atomic E-state index is 0.155. The lowest BCUT2D eigenvalue weighted by atomic mass is 10.0. The van der Waals surface area contributed by atoms with E-state index in [2.05, 4.69) is 11.4 Å². The van der Waals surface area contributed by atoms with Crippen molar-refractivity contribution in [1.82, 2.24) is 5.32 Å². The third-order valence-corrected chi connectivity index (χ3v) is 4.34. The van der Waals surface area contributed by atoms with E-state index < -0.39 is 5.97 Å². The van der Waals surface area contributed by atoms with Gasteiger partial charge in [-0.25, -0.2) is 4.79 Å². The first-order chi connectivity index (χ1) is 12.3. The molecular formula is C21H26N2O3. The van der Waals surface area contributed by atoms with Crippen LogP contribution in [0.5, 0.6) is 0 Å². The van der Waals surface area contributed by atoms with Gasteiger partial charge in [-0.2, -0.15) is 0 Å². The molecule has 1 N–H and O–H groups in total. The SMILES string of the molecule is Cc1ccc(C(C)NC(=O)COC(=O)c2cccc(N(C)C)c2)cc1C. The van der Waals surface area contributed by atoms with Crippen LogP contribution in [0, 0.1) is 13.8 Å². The lowest BCUT2D eigenvalue weighted by Crippen LogP contribution is -2.31. The fourth-order valence-electron chi connectivity index (χ4n) is 2.53. The molecule has 1 atom stereocenters. The molecule has 0 saturated carbocycles. The van der Waals surface area contributed by atoms with E-state index >= 15 is 0 Å². The third-order valence-electron chi connectivity index (χ3n) is 4.34. The van der Waals surface area contributed by atoms with Crippen LogP contribution in [0.4, 0.5) is 5.69 Å². The van der Waals surface area contributed by atoms with Crippen LogP contribution >= 0.6 is 0 Å². The van der Waals surface area contributed by atoms with Gasteiger partial charge in [-0.3, -0.25) is 4.79 Å². The molecule has 0 fully saturated rings. The van der Waals surface area contributed by atoms with Crippen molar-refractivity contribution >= 4 is 17.6 Å². The van der Waals surface area contributed by atoms with E-state index in [-0.39, 0.29) is 18.6 Å². The van der Waals surface area contributed by atoms with Gasteiger partial charge in [-0.1, -0.05) is 24.3 Å². The molecule has 0 aliphatic carbocycles. The molecule has 138 valence electrons. The maximum absolute atomic E-state index is 12.1. The molecule has 1 unspecified atom stereocenters.